The molecule has 0 bridgehead atoms. The van der Waals surface area contributed by atoms with Crippen molar-refractivity contribution in [1.82, 2.24) is 15.2 Å². The second-order valence-electron chi connectivity index (χ2n) is 8.33. The highest BCUT2D eigenvalue weighted by atomic mass is 35.5. The van der Waals surface area contributed by atoms with Gasteiger partial charge in [-0.05, 0) is 44.4 Å². The van der Waals surface area contributed by atoms with E-state index in [1.807, 2.05) is 24.3 Å². The first-order valence-corrected chi connectivity index (χ1v) is 12.7. The van der Waals surface area contributed by atoms with Crippen molar-refractivity contribution in [2.24, 2.45) is 0 Å². The van der Waals surface area contributed by atoms with Crippen LogP contribution in [0.2, 0.25) is 5.02 Å². The fraction of sp³-hybridized carbons (Fsp3) is 0.346. The van der Waals surface area contributed by atoms with Crippen LogP contribution in [0.5, 0.6) is 0 Å². The van der Waals surface area contributed by atoms with Crippen molar-refractivity contribution in [3.8, 4) is 21.7 Å². The highest BCUT2D eigenvalue weighted by Crippen LogP contribution is 2.41. The predicted molar refractivity (Wildman–Crippen MR) is 136 cm³/mol. The van der Waals surface area contributed by atoms with Gasteiger partial charge in [0.15, 0.2) is 0 Å². The number of nitrogens with one attached hydrogen (secondary N) is 1. The molecule has 2 aromatic carbocycles. The van der Waals surface area contributed by atoms with Crippen molar-refractivity contribution < 1.29 is 14.3 Å². The molecule has 0 spiro atoms. The predicted octanol–water partition coefficient (Wildman–Crippen LogP) is 5.89. The minimum Gasteiger partial charge on any atom is -0.465 e. The lowest BCUT2D eigenvalue weighted by atomic mass is 9.97. The average molecular weight is 498 g/mol. The normalized spacial score (nSPS) is 14.1. The van der Waals surface area contributed by atoms with Crippen LogP contribution in [0.3, 0.4) is 0 Å². The number of carbonyl (C=O) groups is 2. The Morgan fingerprint density at radius 2 is 1.74 bits per heavy atom. The Labute approximate surface area is 208 Å². The molecule has 3 aromatic rings. The fourth-order valence-electron chi connectivity index (χ4n) is 4.02. The van der Waals surface area contributed by atoms with Gasteiger partial charge in [0.05, 0.1) is 22.2 Å². The van der Waals surface area contributed by atoms with Gasteiger partial charge >= 0.3 is 12.0 Å². The summed E-state index contributed by atoms with van der Waals surface area (Å²) in [4.78, 5) is 31.9. The van der Waals surface area contributed by atoms with Crippen LogP contribution < -0.4 is 5.32 Å². The third-order valence-electron chi connectivity index (χ3n) is 5.90. The van der Waals surface area contributed by atoms with Gasteiger partial charge in [-0.25, -0.2) is 9.78 Å². The Morgan fingerprint density at radius 1 is 1.09 bits per heavy atom. The number of urea groups is 1. The summed E-state index contributed by atoms with van der Waals surface area (Å²) in [5.74, 6) is -0.142. The number of thiazole rings is 1. The Bertz CT molecular complexity index is 1070. The maximum absolute atomic E-state index is 12.4. The van der Waals surface area contributed by atoms with Crippen molar-refractivity contribution in [2.45, 2.75) is 32.6 Å². The van der Waals surface area contributed by atoms with Gasteiger partial charge in [0.2, 0.25) is 0 Å². The first-order valence-electron chi connectivity index (χ1n) is 11.5. The molecule has 1 saturated heterocycles. The van der Waals surface area contributed by atoms with Crippen LogP contribution in [0.25, 0.3) is 21.7 Å². The molecule has 34 heavy (non-hydrogen) atoms. The number of rotatable bonds is 6. The molecule has 0 aliphatic carbocycles. The maximum Gasteiger partial charge on any atom is 0.325 e. The number of benzene rings is 2. The number of esters is 1. The number of aryl methyl sites for hydroxylation is 1. The van der Waals surface area contributed by atoms with Crippen LogP contribution in [0, 0.1) is 6.92 Å². The van der Waals surface area contributed by atoms with Crippen molar-refractivity contribution in [3.05, 3.63) is 64.1 Å². The molecule has 1 aliphatic rings. The largest absolute Gasteiger partial charge is 0.465 e. The summed E-state index contributed by atoms with van der Waals surface area (Å²) in [6, 6.07) is 16.1. The van der Waals surface area contributed by atoms with Crippen molar-refractivity contribution in [1.29, 1.82) is 0 Å². The molecule has 0 saturated carbocycles. The van der Waals surface area contributed by atoms with Crippen molar-refractivity contribution >= 4 is 34.9 Å². The SMILES string of the molecule is CCOC(=O)CNC(=O)N1CCC(c2nc(-c3ccc(Cl)cc3)c(-c3ccc(C)cc3)s2)CC1. The van der Waals surface area contributed by atoms with Crippen molar-refractivity contribution in [3.63, 3.8) is 0 Å². The second kappa shape index (κ2) is 11.0. The van der Waals surface area contributed by atoms with E-state index in [9.17, 15) is 9.59 Å². The third-order valence-corrected chi connectivity index (χ3v) is 7.41. The number of amides is 2. The molecule has 1 N–H and O–H groups in total. The fourth-order valence-corrected chi connectivity index (χ4v) is 5.40. The minimum atomic E-state index is -0.424. The Balaban J connectivity index is 1.50. The van der Waals surface area contributed by atoms with Gasteiger partial charge in [-0.2, -0.15) is 0 Å². The zero-order chi connectivity index (χ0) is 24.1. The van der Waals surface area contributed by atoms with E-state index in [-0.39, 0.29) is 18.5 Å². The summed E-state index contributed by atoms with van der Waals surface area (Å²) in [7, 11) is 0. The summed E-state index contributed by atoms with van der Waals surface area (Å²) < 4.78 is 4.87. The number of halogens is 1. The van der Waals surface area contributed by atoms with Crippen LogP contribution in [0.4, 0.5) is 4.79 Å². The van der Waals surface area contributed by atoms with Crippen LogP contribution >= 0.6 is 22.9 Å². The van der Waals surface area contributed by atoms with E-state index in [4.69, 9.17) is 21.3 Å². The molecule has 0 atom stereocenters. The third kappa shape index (κ3) is 5.77. The number of hydrogen-bond acceptors (Lipinski definition) is 5. The molecule has 1 fully saturated rings. The molecule has 0 unspecified atom stereocenters. The molecule has 2 heterocycles. The lowest BCUT2D eigenvalue weighted by Gasteiger charge is -2.31. The molecule has 4 rings (SSSR count). The summed E-state index contributed by atoms with van der Waals surface area (Å²) in [5.41, 5.74) is 4.37. The van der Waals surface area contributed by atoms with Gasteiger partial charge in [0.1, 0.15) is 6.54 Å². The van der Waals surface area contributed by atoms with E-state index in [0.29, 0.717) is 24.7 Å². The Morgan fingerprint density at radius 3 is 2.38 bits per heavy atom. The summed E-state index contributed by atoms with van der Waals surface area (Å²) in [6.45, 7) is 5.26. The molecule has 2 amide bonds. The van der Waals surface area contributed by atoms with Crippen molar-refractivity contribution in [2.75, 3.05) is 26.2 Å². The van der Waals surface area contributed by atoms with E-state index in [2.05, 4.69) is 36.5 Å². The smallest absolute Gasteiger partial charge is 0.325 e. The molecule has 1 aromatic heterocycles. The van der Waals surface area contributed by atoms with Crippen LogP contribution in [0.15, 0.2) is 48.5 Å². The minimum absolute atomic E-state index is 0.108. The van der Waals surface area contributed by atoms with Gasteiger partial charge < -0.3 is 15.0 Å². The number of ether oxygens (including phenoxy) is 1. The van der Waals surface area contributed by atoms with Gasteiger partial charge in [-0.1, -0.05) is 53.6 Å². The highest BCUT2D eigenvalue weighted by Gasteiger charge is 2.27. The summed E-state index contributed by atoms with van der Waals surface area (Å²) in [5, 5.41) is 4.43. The Kier molecular flexibility index (Phi) is 7.85. The number of piperidine rings is 1. The first kappa shape index (κ1) is 24.2. The number of nitrogens with zero attached hydrogens (tertiary/aromatic N) is 2. The molecule has 1 aliphatic heterocycles. The molecular formula is C26H28ClN3O3S. The van der Waals surface area contributed by atoms with Gasteiger partial charge in [0.25, 0.3) is 0 Å². The number of aromatic nitrogens is 1. The maximum atomic E-state index is 12.4. The number of carbonyl (C=O) groups excluding carboxylic acids is 2. The lowest BCUT2D eigenvalue weighted by Crippen LogP contribution is -2.45. The number of likely N-dealkylation sites (tertiary alicyclic amines) is 1. The van der Waals surface area contributed by atoms with Gasteiger partial charge in [0, 0.05) is 29.6 Å². The quantitative estimate of drug-likeness (QED) is 0.431. The van der Waals surface area contributed by atoms with Gasteiger partial charge in [-0.3, -0.25) is 4.79 Å². The first-order chi connectivity index (χ1) is 16.4. The molecule has 6 nitrogen and oxygen atoms in total. The molecule has 178 valence electrons. The zero-order valence-electron chi connectivity index (χ0n) is 19.3. The van der Waals surface area contributed by atoms with Gasteiger partial charge in [-0.15, -0.1) is 11.3 Å². The van der Waals surface area contributed by atoms with Crippen LogP contribution in [-0.2, 0) is 9.53 Å². The standard InChI is InChI=1S/C26H28ClN3O3S/c1-3-33-22(31)16-28-26(32)30-14-12-20(13-15-30)25-29-23(18-8-10-21(27)11-9-18)24(34-25)19-6-4-17(2)5-7-19/h4-11,20H,3,12-16H2,1-2H3,(H,28,32). The Hall–Kier alpha value is -2.90. The van der Waals surface area contributed by atoms with E-state index >= 15 is 0 Å². The molecule has 8 heteroatoms. The monoisotopic (exact) mass is 497 g/mol. The topological polar surface area (TPSA) is 71.5 Å². The van der Waals surface area contributed by atoms with Crippen LogP contribution in [0.1, 0.15) is 36.3 Å². The summed E-state index contributed by atoms with van der Waals surface area (Å²) >= 11 is 7.84. The van der Waals surface area contributed by atoms with Crippen LogP contribution in [-0.4, -0.2) is 48.1 Å². The highest BCUT2D eigenvalue weighted by molar-refractivity contribution is 7.15. The van der Waals surface area contributed by atoms with E-state index < -0.39 is 5.97 Å². The van der Waals surface area contributed by atoms with E-state index in [1.54, 1.807) is 23.2 Å². The molecular weight excluding hydrogens is 470 g/mol. The zero-order valence-corrected chi connectivity index (χ0v) is 20.9. The summed E-state index contributed by atoms with van der Waals surface area (Å²) in [6.07, 6.45) is 1.65. The lowest BCUT2D eigenvalue weighted by molar-refractivity contribution is -0.141. The van der Waals surface area contributed by atoms with E-state index in [0.717, 1.165) is 39.5 Å². The average Bonchev–Trinajstić information content (AvgIpc) is 3.29. The second-order valence-corrected chi connectivity index (χ2v) is 9.79. The van der Waals surface area contributed by atoms with E-state index in [1.165, 1.54) is 5.56 Å². The molecule has 0 radical (unpaired) electrons. The number of hydrogen-bond donors (Lipinski definition) is 1.